The van der Waals surface area contributed by atoms with Crippen LogP contribution in [0, 0.1) is 11.7 Å². The van der Waals surface area contributed by atoms with Gasteiger partial charge in [0.25, 0.3) is 0 Å². The van der Waals surface area contributed by atoms with Crippen molar-refractivity contribution in [3.05, 3.63) is 28.0 Å². The molecule has 2 rings (SSSR count). The Bertz CT molecular complexity index is 419. The lowest BCUT2D eigenvalue weighted by Gasteiger charge is -2.19. The molecular weight excluding hydrogens is 297 g/mol. The number of hydrogen-bond acceptors (Lipinski definition) is 2. The molecule has 1 saturated carbocycles. The lowest BCUT2D eigenvalue weighted by Crippen LogP contribution is -2.15. The highest BCUT2D eigenvalue weighted by atomic mass is 79.9. The first-order chi connectivity index (χ1) is 8.61. The Morgan fingerprint density at radius 1 is 1.44 bits per heavy atom. The highest BCUT2D eigenvalue weighted by Gasteiger charge is 2.22. The molecule has 1 aliphatic rings. The van der Waals surface area contributed by atoms with Crippen LogP contribution in [0.1, 0.15) is 43.7 Å². The van der Waals surface area contributed by atoms with E-state index in [1.165, 1.54) is 31.7 Å². The molecule has 1 aromatic carbocycles. The normalized spacial score (nSPS) is 18.0. The summed E-state index contributed by atoms with van der Waals surface area (Å²) in [5.41, 5.74) is 7.13. The molecule has 0 aromatic heterocycles. The summed E-state index contributed by atoms with van der Waals surface area (Å²) in [6, 6.07) is 3.06. The third kappa shape index (κ3) is 3.04. The van der Waals surface area contributed by atoms with Crippen LogP contribution in [-0.4, -0.2) is 7.11 Å². The number of hydrogen-bond donors (Lipinski definition) is 1. The Hall–Kier alpha value is -0.610. The third-order valence-electron chi connectivity index (χ3n) is 3.73. The van der Waals surface area contributed by atoms with Crippen LogP contribution in [0.5, 0.6) is 5.75 Å². The molecule has 0 heterocycles. The Balaban J connectivity index is 2.17. The van der Waals surface area contributed by atoms with Crippen LogP contribution >= 0.6 is 15.9 Å². The molecule has 0 radical (unpaired) electrons. The Morgan fingerprint density at radius 2 is 2.11 bits per heavy atom. The molecule has 0 spiro atoms. The summed E-state index contributed by atoms with van der Waals surface area (Å²) < 4.78 is 19.1. The molecule has 0 bridgehead atoms. The van der Waals surface area contributed by atoms with Crippen LogP contribution in [0.15, 0.2) is 16.6 Å². The SMILES string of the molecule is COc1cc(F)c(Br)cc1C(N)CC1CCCC1. The number of rotatable bonds is 4. The molecule has 1 fully saturated rings. The van der Waals surface area contributed by atoms with Gasteiger partial charge in [-0.3, -0.25) is 0 Å². The van der Waals surface area contributed by atoms with Crippen molar-refractivity contribution < 1.29 is 9.13 Å². The lowest BCUT2D eigenvalue weighted by molar-refractivity contribution is 0.390. The van der Waals surface area contributed by atoms with Gasteiger partial charge in [0.15, 0.2) is 0 Å². The van der Waals surface area contributed by atoms with E-state index in [1.807, 2.05) is 0 Å². The summed E-state index contributed by atoms with van der Waals surface area (Å²) in [5, 5.41) is 0. The number of methoxy groups -OCH3 is 1. The number of nitrogens with two attached hydrogens (primary N) is 1. The fraction of sp³-hybridized carbons (Fsp3) is 0.571. The largest absolute Gasteiger partial charge is 0.496 e. The van der Waals surface area contributed by atoms with Crippen molar-refractivity contribution in [2.24, 2.45) is 11.7 Å². The van der Waals surface area contributed by atoms with Gasteiger partial charge in [-0.2, -0.15) is 0 Å². The fourth-order valence-corrected chi connectivity index (χ4v) is 3.10. The van der Waals surface area contributed by atoms with Gasteiger partial charge < -0.3 is 10.5 Å². The maximum absolute atomic E-state index is 13.4. The molecule has 1 atom stereocenters. The summed E-state index contributed by atoms with van der Waals surface area (Å²) in [6.07, 6.45) is 6.09. The van der Waals surface area contributed by atoms with E-state index in [2.05, 4.69) is 15.9 Å². The first kappa shape index (κ1) is 13.8. The van der Waals surface area contributed by atoms with Gasteiger partial charge in [0.1, 0.15) is 11.6 Å². The topological polar surface area (TPSA) is 35.2 Å². The zero-order valence-electron chi connectivity index (χ0n) is 10.6. The van der Waals surface area contributed by atoms with Gasteiger partial charge in [-0.1, -0.05) is 25.7 Å². The van der Waals surface area contributed by atoms with Gasteiger partial charge in [0.2, 0.25) is 0 Å². The molecular formula is C14H19BrFNO. The highest BCUT2D eigenvalue weighted by molar-refractivity contribution is 9.10. The predicted octanol–water partition coefficient (Wildman–Crippen LogP) is 4.18. The van der Waals surface area contributed by atoms with E-state index in [0.717, 1.165) is 12.0 Å². The van der Waals surface area contributed by atoms with Crippen LogP contribution in [0.2, 0.25) is 0 Å². The van der Waals surface area contributed by atoms with Crippen LogP contribution in [0.4, 0.5) is 4.39 Å². The first-order valence-electron chi connectivity index (χ1n) is 6.40. The quantitative estimate of drug-likeness (QED) is 0.904. The van der Waals surface area contributed by atoms with Crippen LogP contribution < -0.4 is 10.5 Å². The Morgan fingerprint density at radius 3 is 2.72 bits per heavy atom. The van der Waals surface area contributed by atoms with E-state index in [0.29, 0.717) is 16.1 Å². The van der Waals surface area contributed by atoms with Gasteiger partial charge in [-0.25, -0.2) is 4.39 Å². The Kier molecular flexibility index (Phi) is 4.62. The van der Waals surface area contributed by atoms with Crippen molar-refractivity contribution in [1.29, 1.82) is 0 Å². The lowest BCUT2D eigenvalue weighted by atomic mass is 9.94. The van der Waals surface area contributed by atoms with Gasteiger partial charge in [0.05, 0.1) is 11.6 Å². The number of benzene rings is 1. The van der Waals surface area contributed by atoms with E-state index in [-0.39, 0.29) is 11.9 Å². The van der Waals surface area contributed by atoms with E-state index >= 15 is 0 Å². The minimum absolute atomic E-state index is 0.0834. The minimum Gasteiger partial charge on any atom is -0.496 e. The summed E-state index contributed by atoms with van der Waals surface area (Å²) in [5.74, 6) is 0.929. The summed E-state index contributed by atoms with van der Waals surface area (Å²) in [6.45, 7) is 0. The average molecular weight is 316 g/mol. The smallest absolute Gasteiger partial charge is 0.141 e. The van der Waals surface area contributed by atoms with Crippen LogP contribution in [0.25, 0.3) is 0 Å². The van der Waals surface area contributed by atoms with Gasteiger partial charge in [-0.15, -0.1) is 0 Å². The zero-order valence-corrected chi connectivity index (χ0v) is 12.2. The zero-order chi connectivity index (χ0) is 13.1. The maximum Gasteiger partial charge on any atom is 0.141 e. The fourth-order valence-electron chi connectivity index (χ4n) is 2.74. The second kappa shape index (κ2) is 6.02. The molecule has 1 aromatic rings. The van der Waals surface area contributed by atoms with E-state index in [1.54, 1.807) is 13.2 Å². The molecule has 2 nitrogen and oxygen atoms in total. The molecule has 0 amide bonds. The monoisotopic (exact) mass is 315 g/mol. The molecule has 4 heteroatoms. The van der Waals surface area contributed by atoms with Crippen molar-refractivity contribution in [2.75, 3.05) is 7.11 Å². The molecule has 1 aliphatic carbocycles. The van der Waals surface area contributed by atoms with Crippen molar-refractivity contribution in [2.45, 2.75) is 38.1 Å². The highest BCUT2D eigenvalue weighted by Crippen LogP contribution is 2.36. The van der Waals surface area contributed by atoms with Crippen molar-refractivity contribution >= 4 is 15.9 Å². The van der Waals surface area contributed by atoms with Gasteiger partial charge in [0, 0.05) is 17.7 Å². The molecule has 2 N–H and O–H groups in total. The molecule has 100 valence electrons. The summed E-state index contributed by atoms with van der Waals surface area (Å²) in [4.78, 5) is 0. The van der Waals surface area contributed by atoms with Gasteiger partial charge in [-0.05, 0) is 34.3 Å². The standard InChI is InChI=1S/C14H19BrFNO/c1-18-14-8-12(16)11(15)7-10(14)13(17)6-9-4-2-3-5-9/h7-9,13H,2-6,17H2,1H3. The summed E-state index contributed by atoms with van der Waals surface area (Å²) >= 11 is 3.20. The predicted molar refractivity (Wildman–Crippen MR) is 74.2 cm³/mol. The van der Waals surface area contributed by atoms with E-state index in [9.17, 15) is 4.39 Å². The summed E-state index contributed by atoms with van der Waals surface area (Å²) in [7, 11) is 1.55. The van der Waals surface area contributed by atoms with Crippen LogP contribution in [-0.2, 0) is 0 Å². The number of ether oxygens (including phenoxy) is 1. The average Bonchev–Trinajstić information content (AvgIpc) is 2.84. The Labute approximate surface area is 116 Å². The first-order valence-corrected chi connectivity index (χ1v) is 7.19. The molecule has 0 aliphatic heterocycles. The van der Waals surface area contributed by atoms with Gasteiger partial charge >= 0.3 is 0 Å². The maximum atomic E-state index is 13.4. The van der Waals surface area contributed by atoms with Crippen LogP contribution in [0.3, 0.4) is 0 Å². The van der Waals surface area contributed by atoms with Crippen molar-refractivity contribution in [3.63, 3.8) is 0 Å². The second-order valence-corrected chi connectivity index (χ2v) is 5.86. The van der Waals surface area contributed by atoms with Crippen molar-refractivity contribution in [3.8, 4) is 5.75 Å². The minimum atomic E-state index is -0.316. The third-order valence-corrected chi connectivity index (χ3v) is 4.34. The van der Waals surface area contributed by atoms with E-state index < -0.39 is 0 Å². The second-order valence-electron chi connectivity index (χ2n) is 5.00. The van der Waals surface area contributed by atoms with E-state index in [4.69, 9.17) is 10.5 Å². The molecule has 0 saturated heterocycles. The molecule has 1 unspecified atom stereocenters. The molecule has 18 heavy (non-hydrogen) atoms. The van der Waals surface area contributed by atoms with Crippen molar-refractivity contribution in [1.82, 2.24) is 0 Å². The number of halogens is 2.